The summed E-state index contributed by atoms with van der Waals surface area (Å²) in [7, 11) is 0. The van der Waals surface area contributed by atoms with Gasteiger partial charge in [0.1, 0.15) is 11.6 Å². The highest BCUT2D eigenvalue weighted by molar-refractivity contribution is 5.77. The second-order valence-corrected chi connectivity index (χ2v) is 3.69. The van der Waals surface area contributed by atoms with Crippen molar-refractivity contribution in [2.75, 3.05) is 13.2 Å². The van der Waals surface area contributed by atoms with Crippen LogP contribution in [0, 0.1) is 5.82 Å². The van der Waals surface area contributed by atoms with Gasteiger partial charge in [0, 0.05) is 17.5 Å². The normalized spacial score (nSPS) is 15.0. The maximum Gasteiger partial charge on any atom is 0.339 e. The summed E-state index contributed by atoms with van der Waals surface area (Å²) in [5.74, 6) is -0.939. The van der Waals surface area contributed by atoms with E-state index < -0.39 is 17.9 Å². The van der Waals surface area contributed by atoms with Gasteiger partial charge in [0.15, 0.2) is 6.10 Å². The minimum Gasteiger partial charge on any atom is -0.493 e. The zero-order chi connectivity index (χ0) is 12.4. The van der Waals surface area contributed by atoms with E-state index in [4.69, 9.17) is 4.74 Å². The summed E-state index contributed by atoms with van der Waals surface area (Å²) >= 11 is 0. The summed E-state index contributed by atoms with van der Waals surface area (Å²) in [6, 6.07) is 2.68. The molecule has 0 saturated heterocycles. The van der Waals surface area contributed by atoms with Gasteiger partial charge < -0.3 is 14.6 Å². The molecule has 0 aliphatic carbocycles. The Balaban J connectivity index is 2.38. The van der Waals surface area contributed by atoms with Crippen molar-refractivity contribution in [2.24, 2.45) is 0 Å². The number of aliphatic hydroxyl groups is 1. The van der Waals surface area contributed by atoms with E-state index in [0.29, 0.717) is 24.3 Å². The Bertz CT molecular complexity index is 444. The van der Waals surface area contributed by atoms with E-state index in [1.54, 1.807) is 6.92 Å². The first-order valence-electron chi connectivity index (χ1n) is 5.44. The summed E-state index contributed by atoms with van der Waals surface area (Å²) in [6.45, 7) is 2.20. The SMILES string of the molecule is CCOC(=O)C(O)c1c(F)ccc2c1CCO2. The molecule has 0 radical (unpaired) electrons. The van der Waals surface area contributed by atoms with Crippen molar-refractivity contribution in [1.82, 2.24) is 0 Å². The van der Waals surface area contributed by atoms with Gasteiger partial charge in [-0.05, 0) is 19.1 Å². The first-order valence-corrected chi connectivity index (χ1v) is 5.44. The van der Waals surface area contributed by atoms with Crippen molar-refractivity contribution in [3.63, 3.8) is 0 Å². The van der Waals surface area contributed by atoms with E-state index >= 15 is 0 Å². The van der Waals surface area contributed by atoms with Gasteiger partial charge in [0.2, 0.25) is 0 Å². The lowest BCUT2D eigenvalue weighted by molar-refractivity contribution is -0.153. The molecule has 0 aromatic heterocycles. The maximum absolute atomic E-state index is 13.7. The molecule has 0 amide bonds. The molecule has 1 unspecified atom stereocenters. The summed E-state index contributed by atoms with van der Waals surface area (Å²) < 4.78 is 23.6. The number of esters is 1. The van der Waals surface area contributed by atoms with Gasteiger partial charge in [-0.25, -0.2) is 9.18 Å². The number of benzene rings is 1. The molecular weight excluding hydrogens is 227 g/mol. The van der Waals surface area contributed by atoms with Crippen molar-refractivity contribution in [2.45, 2.75) is 19.4 Å². The second kappa shape index (κ2) is 4.71. The van der Waals surface area contributed by atoms with E-state index in [2.05, 4.69) is 4.74 Å². The molecule has 1 atom stereocenters. The van der Waals surface area contributed by atoms with Gasteiger partial charge in [-0.1, -0.05) is 0 Å². The Hall–Kier alpha value is -1.62. The third-order valence-corrected chi connectivity index (χ3v) is 2.65. The molecule has 2 rings (SSSR count). The standard InChI is InChI=1S/C12H13FO4/c1-2-16-12(15)11(14)10-7-5-6-17-9(7)4-3-8(10)13/h3-4,11,14H,2,5-6H2,1H3. The van der Waals surface area contributed by atoms with Gasteiger partial charge in [0.05, 0.1) is 13.2 Å². The predicted molar refractivity (Wildman–Crippen MR) is 57.2 cm³/mol. The highest BCUT2D eigenvalue weighted by atomic mass is 19.1. The lowest BCUT2D eigenvalue weighted by Gasteiger charge is -2.13. The van der Waals surface area contributed by atoms with Crippen LogP contribution in [0.4, 0.5) is 4.39 Å². The van der Waals surface area contributed by atoms with E-state index in [0.717, 1.165) is 0 Å². The Kier molecular flexibility index (Phi) is 3.28. The minimum absolute atomic E-state index is 0.0292. The highest BCUT2D eigenvalue weighted by Gasteiger charge is 2.29. The van der Waals surface area contributed by atoms with Gasteiger partial charge in [-0.3, -0.25) is 0 Å². The molecule has 4 nitrogen and oxygen atoms in total. The van der Waals surface area contributed by atoms with Crippen molar-refractivity contribution < 1.29 is 23.8 Å². The molecule has 17 heavy (non-hydrogen) atoms. The Labute approximate surface area is 98.0 Å². The topological polar surface area (TPSA) is 55.8 Å². The number of rotatable bonds is 3. The molecule has 0 saturated carbocycles. The van der Waals surface area contributed by atoms with E-state index in [1.807, 2.05) is 0 Å². The van der Waals surface area contributed by atoms with Crippen LogP contribution in [0.1, 0.15) is 24.2 Å². The first kappa shape index (κ1) is 11.9. The zero-order valence-electron chi connectivity index (χ0n) is 9.40. The predicted octanol–water partition coefficient (Wildman–Crippen LogP) is 1.36. The molecular formula is C12H13FO4. The quantitative estimate of drug-likeness (QED) is 0.810. The van der Waals surface area contributed by atoms with Crippen LogP contribution in [0.3, 0.4) is 0 Å². The number of halogens is 1. The summed E-state index contributed by atoms with van der Waals surface area (Å²) in [5.41, 5.74) is 0.518. The number of hydrogen-bond acceptors (Lipinski definition) is 4. The lowest BCUT2D eigenvalue weighted by atomic mass is 9.99. The summed E-state index contributed by atoms with van der Waals surface area (Å²) in [4.78, 5) is 11.4. The van der Waals surface area contributed by atoms with Crippen LogP contribution < -0.4 is 4.74 Å². The van der Waals surface area contributed by atoms with Crippen LogP contribution in [-0.4, -0.2) is 24.3 Å². The molecule has 1 aliphatic heterocycles. The van der Waals surface area contributed by atoms with Crippen LogP contribution in [0.15, 0.2) is 12.1 Å². The fraction of sp³-hybridized carbons (Fsp3) is 0.417. The lowest BCUT2D eigenvalue weighted by Crippen LogP contribution is -2.18. The second-order valence-electron chi connectivity index (χ2n) is 3.69. The molecule has 1 heterocycles. The minimum atomic E-state index is -1.59. The molecule has 1 N–H and O–H groups in total. The third-order valence-electron chi connectivity index (χ3n) is 2.65. The largest absolute Gasteiger partial charge is 0.493 e. The van der Waals surface area contributed by atoms with Crippen LogP contribution in [0.5, 0.6) is 5.75 Å². The van der Waals surface area contributed by atoms with Gasteiger partial charge in [0.25, 0.3) is 0 Å². The third kappa shape index (κ3) is 2.10. The fourth-order valence-corrected chi connectivity index (χ4v) is 1.91. The maximum atomic E-state index is 13.7. The van der Waals surface area contributed by atoms with E-state index in [1.165, 1.54) is 12.1 Å². The number of ether oxygens (including phenoxy) is 2. The zero-order valence-corrected chi connectivity index (χ0v) is 9.40. The van der Waals surface area contributed by atoms with Crippen LogP contribution in [0.25, 0.3) is 0 Å². The number of carbonyl (C=O) groups excluding carboxylic acids is 1. The van der Waals surface area contributed by atoms with Crippen molar-refractivity contribution >= 4 is 5.97 Å². The average molecular weight is 240 g/mol. The number of carbonyl (C=O) groups is 1. The van der Waals surface area contributed by atoms with Crippen LogP contribution in [-0.2, 0) is 16.0 Å². The Morgan fingerprint density at radius 1 is 1.65 bits per heavy atom. The van der Waals surface area contributed by atoms with Gasteiger partial charge in [-0.15, -0.1) is 0 Å². The number of fused-ring (bicyclic) bond motifs is 1. The van der Waals surface area contributed by atoms with Gasteiger partial charge >= 0.3 is 5.97 Å². The first-order chi connectivity index (χ1) is 8.15. The fourth-order valence-electron chi connectivity index (χ4n) is 1.91. The highest BCUT2D eigenvalue weighted by Crippen LogP contribution is 2.34. The van der Waals surface area contributed by atoms with Crippen molar-refractivity contribution in [3.05, 3.63) is 29.1 Å². The molecule has 0 spiro atoms. The number of hydrogen-bond donors (Lipinski definition) is 1. The monoisotopic (exact) mass is 240 g/mol. The Morgan fingerprint density at radius 3 is 3.12 bits per heavy atom. The average Bonchev–Trinajstić information content (AvgIpc) is 2.76. The smallest absolute Gasteiger partial charge is 0.339 e. The molecule has 0 fully saturated rings. The summed E-state index contributed by atoms with van der Waals surface area (Å²) in [6.07, 6.45) is -1.11. The molecule has 92 valence electrons. The Morgan fingerprint density at radius 2 is 2.41 bits per heavy atom. The van der Waals surface area contributed by atoms with Crippen LogP contribution >= 0.6 is 0 Å². The molecule has 0 bridgehead atoms. The number of aliphatic hydroxyl groups excluding tert-OH is 1. The van der Waals surface area contributed by atoms with Gasteiger partial charge in [-0.2, -0.15) is 0 Å². The summed E-state index contributed by atoms with van der Waals surface area (Å²) in [5, 5.41) is 9.80. The molecule has 1 aliphatic rings. The molecule has 1 aromatic carbocycles. The van der Waals surface area contributed by atoms with E-state index in [9.17, 15) is 14.3 Å². The van der Waals surface area contributed by atoms with Crippen molar-refractivity contribution in [1.29, 1.82) is 0 Å². The van der Waals surface area contributed by atoms with Crippen LogP contribution in [0.2, 0.25) is 0 Å². The van der Waals surface area contributed by atoms with Crippen molar-refractivity contribution in [3.8, 4) is 5.75 Å². The molecule has 5 heteroatoms. The van der Waals surface area contributed by atoms with E-state index in [-0.39, 0.29) is 12.2 Å². The molecule has 1 aromatic rings.